The molecule has 1 atom stereocenters. The Morgan fingerprint density at radius 1 is 1.13 bits per heavy atom. The average molecular weight is 413 g/mol. The van der Waals surface area contributed by atoms with E-state index in [1.165, 1.54) is 4.90 Å². The van der Waals surface area contributed by atoms with Crippen molar-refractivity contribution in [1.29, 1.82) is 0 Å². The number of piperidine rings is 2. The Labute approximate surface area is 174 Å². The molecule has 1 amide bonds. The van der Waals surface area contributed by atoms with Crippen LogP contribution in [0.25, 0.3) is 11.1 Å². The van der Waals surface area contributed by atoms with Crippen LogP contribution in [0.5, 0.6) is 0 Å². The molecule has 0 spiro atoms. The van der Waals surface area contributed by atoms with E-state index in [9.17, 15) is 14.0 Å². The normalized spacial score (nSPS) is 23.2. The van der Waals surface area contributed by atoms with Crippen LogP contribution in [-0.2, 0) is 16.0 Å². The predicted octanol–water partition coefficient (Wildman–Crippen LogP) is 5.14. The number of carbonyl (C=O) groups excluding carboxylic acids is 2. The Morgan fingerprint density at radius 3 is 2.43 bits per heavy atom. The number of fused-ring (bicyclic) bond motifs is 2. The molecular weight excluding hydrogens is 388 g/mol. The molecule has 0 radical (unpaired) electrons. The number of ketones is 1. The highest BCUT2D eigenvalue weighted by Gasteiger charge is 2.53. The molecule has 2 bridgehead atoms. The molecule has 2 aromatic rings. The number of hydrogen-bond donors (Lipinski definition) is 0. The van der Waals surface area contributed by atoms with Gasteiger partial charge in [-0.15, -0.1) is 0 Å². The van der Waals surface area contributed by atoms with E-state index in [-0.39, 0.29) is 35.3 Å². The predicted molar refractivity (Wildman–Crippen MR) is 109 cm³/mol. The lowest BCUT2D eigenvalue weighted by Crippen LogP contribution is -2.65. The van der Waals surface area contributed by atoms with Crippen molar-refractivity contribution < 1.29 is 23.1 Å². The Balaban J connectivity index is 1.67. The van der Waals surface area contributed by atoms with Gasteiger partial charge in [-0.25, -0.2) is 13.6 Å². The minimum absolute atomic E-state index is 0.0749. The van der Waals surface area contributed by atoms with Gasteiger partial charge in [-0.3, -0.25) is 9.69 Å². The van der Waals surface area contributed by atoms with E-state index in [1.807, 2.05) is 0 Å². The Morgan fingerprint density at radius 2 is 1.80 bits per heavy atom. The highest BCUT2D eigenvalue weighted by Crippen LogP contribution is 2.42. The van der Waals surface area contributed by atoms with E-state index in [0.717, 1.165) is 12.1 Å². The van der Waals surface area contributed by atoms with E-state index < -0.39 is 29.4 Å². The first-order chi connectivity index (χ1) is 14.1. The number of amides is 1. The van der Waals surface area contributed by atoms with Crippen molar-refractivity contribution in [3.05, 3.63) is 59.7 Å². The maximum absolute atomic E-state index is 15.3. The first-order valence-corrected chi connectivity index (χ1v) is 10.2. The summed E-state index contributed by atoms with van der Waals surface area (Å²) >= 11 is 0. The van der Waals surface area contributed by atoms with Gasteiger partial charge in [-0.05, 0) is 56.9 Å². The fourth-order valence-electron chi connectivity index (χ4n) is 4.33. The summed E-state index contributed by atoms with van der Waals surface area (Å²) in [6.45, 7) is 5.27. The molecule has 158 valence electrons. The lowest BCUT2D eigenvalue weighted by atomic mass is 9.69. The number of carbonyl (C=O) groups is 2. The fourth-order valence-corrected chi connectivity index (χ4v) is 4.33. The molecule has 1 saturated carbocycles. The molecule has 30 heavy (non-hydrogen) atoms. The summed E-state index contributed by atoms with van der Waals surface area (Å²) in [5, 5.41) is 0. The van der Waals surface area contributed by atoms with Gasteiger partial charge in [0, 0.05) is 23.9 Å². The zero-order valence-corrected chi connectivity index (χ0v) is 17.3. The van der Waals surface area contributed by atoms with Crippen LogP contribution < -0.4 is 0 Å². The first kappa shape index (κ1) is 20.5. The zero-order valence-electron chi connectivity index (χ0n) is 17.3. The smallest absolute Gasteiger partial charge is 0.411 e. The van der Waals surface area contributed by atoms with Crippen molar-refractivity contribution in [2.75, 3.05) is 0 Å². The number of halogens is 2. The lowest BCUT2D eigenvalue weighted by Gasteiger charge is -2.52. The molecular formula is C24H25F2NO3. The molecule has 2 aromatic carbocycles. The third kappa shape index (κ3) is 3.83. The molecule has 0 N–H and O–H groups in total. The standard InChI is InChI=1S/C24H25F2NO3/c1-24(2,3)30-23(29)27-18-10-16(11-18)22(28)20(27)12-15-9-17(25)13-19(21(15)26)14-7-5-4-6-8-14/h4-9,13,16,18,20H,10-12H2,1-3H3. The number of rotatable bonds is 3. The summed E-state index contributed by atoms with van der Waals surface area (Å²) in [5.74, 6) is -1.38. The second-order valence-corrected chi connectivity index (χ2v) is 9.12. The molecule has 5 rings (SSSR count). The topological polar surface area (TPSA) is 46.6 Å². The van der Waals surface area contributed by atoms with Gasteiger partial charge < -0.3 is 4.74 Å². The minimum atomic E-state index is -0.850. The van der Waals surface area contributed by atoms with Crippen LogP contribution in [0.1, 0.15) is 39.2 Å². The molecule has 2 saturated heterocycles. The summed E-state index contributed by atoms with van der Waals surface area (Å²) in [7, 11) is 0. The number of nitrogens with zero attached hydrogens (tertiary/aromatic N) is 1. The summed E-state index contributed by atoms with van der Waals surface area (Å²) < 4.78 is 35.2. The van der Waals surface area contributed by atoms with Crippen LogP contribution in [0.4, 0.5) is 13.6 Å². The second-order valence-electron chi connectivity index (χ2n) is 9.12. The minimum Gasteiger partial charge on any atom is -0.444 e. The summed E-state index contributed by atoms with van der Waals surface area (Å²) in [5.41, 5.74) is 0.0676. The molecule has 1 aliphatic carbocycles. The molecule has 2 heterocycles. The van der Waals surface area contributed by atoms with Gasteiger partial charge in [-0.1, -0.05) is 30.3 Å². The largest absolute Gasteiger partial charge is 0.444 e. The molecule has 0 aromatic heterocycles. The van der Waals surface area contributed by atoms with Crippen molar-refractivity contribution in [2.45, 2.75) is 57.7 Å². The van der Waals surface area contributed by atoms with Crippen LogP contribution >= 0.6 is 0 Å². The van der Waals surface area contributed by atoms with Crippen LogP contribution in [0, 0.1) is 17.6 Å². The summed E-state index contributed by atoms with van der Waals surface area (Å²) in [6, 6.07) is 10.0. The van der Waals surface area contributed by atoms with Gasteiger partial charge in [0.25, 0.3) is 0 Å². The fraction of sp³-hybridized carbons (Fsp3) is 0.417. The van der Waals surface area contributed by atoms with Gasteiger partial charge in [0.15, 0.2) is 5.78 Å². The van der Waals surface area contributed by atoms with E-state index >= 15 is 4.39 Å². The molecule has 4 nitrogen and oxygen atoms in total. The van der Waals surface area contributed by atoms with E-state index in [1.54, 1.807) is 51.1 Å². The molecule has 6 heteroatoms. The number of benzene rings is 2. The average Bonchev–Trinajstić information content (AvgIpc) is 2.63. The molecule has 3 aliphatic rings. The summed E-state index contributed by atoms with van der Waals surface area (Å²) in [4.78, 5) is 27.2. The van der Waals surface area contributed by atoms with Gasteiger partial charge in [-0.2, -0.15) is 0 Å². The highest BCUT2D eigenvalue weighted by atomic mass is 19.1. The van der Waals surface area contributed by atoms with Crippen molar-refractivity contribution in [3.8, 4) is 11.1 Å². The van der Waals surface area contributed by atoms with E-state index in [2.05, 4.69) is 0 Å². The third-order valence-corrected chi connectivity index (χ3v) is 5.79. The Hall–Kier alpha value is -2.76. The third-order valence-electron chi connectivity index (χ3n) is 5.79. The van der Waals surface area contributed by atoms with Crippen LogP contribution in [-0.4, -0.2) is 34.5 Å². The van der Waals surface area contributed by atoms with Crippen molar-refractivity contribution in [1.82, 2.24) is 4.90 Å². The SMILES string of the molecule is CC(C)(C)OC(=O)N1C2CC(C2)C(=O)C1Cc1cc(F)cc(-c2ccccc2)c1F. The van der Waals surface area contributed by atoms with Crippen LogP contribution in [0.15, 0.2) is 42.5 Å². The number of ether oxygens (including phenoxy) is 1. The van der Waals surface area contributed by atoms with E-state index in [4.69, 9.17) is 4.74 Å². The molecule has 3 fully saturated rings. The number of Topliss-reactive ketones (excluding diaryl/α,β-unsaturated/α-hetero) is 1. The lowest BCUT2D eigenvalue weighted by molar-refractivity contribution is -0.144. The highest BCUT2D eigenvalue weighted by molar-refractivity contribution is 5.93. The van der Waals surface area contributed by atoms with Crippen molar-refractivity contribution >= 4 is 11.9 Å². The van der Waals surface area contributed by atoms with Gasteiger partial charge in [0.1, 0.15) is 17.2 Å². The molecule has 2 aliphatic heterocycles. The van der Waals surface area contributed by atoms with Gasteiger partial charge in [0.05, 0.1) is 6.04 Å². The second kappa shape index (κ2) is 7.49. The van der Waals surface area contributed by atoms with E-state index in [0.29, 0.717) is 18.4 Å². The number of hydrogen-bond acceptors (Lipinski definition) is 3. The zero-order chi connectivity index (χ0) is 21.6. The quantitative estimate of drug-likeness (QED) is 0.700. The van der Waals surface area contributed by atoms with Gasteiger partial charge in [0.2, 0.25) is 0 Å². The van der Waals surface area contributed by atoms with Crippen molar-refractivity contribution in [3.63, 3.8) is 0 Å². The summed E-state index contributed by atoms with van der Waals surface area (Å²) in [6.07, 6.45) is 0.559. The Bertz CT molecular complexity index is 978. The Kier molecular flexibility index (Phi) is 5.12. The maximum Gasteiger partial charge on any atom is 0.411 e. The van der Waals surface area contributed by atoms with Crippen LogP contribution in [0.2, 0.25) is 0 Å². The first-order valence-electron chi connectivity index (χ1n) is 10.2. The van der Waals surface area contributed by atoms with Crippen molar-refractivity contribution in [2.24, 2.45) is 5.92 Å². The van der Waals surface area contributed by atoms with Crippen LogP contribution in [0.3, 0.4) is 0 Å². The monoisotopic (exact) mass is 413 g/mol. The maximum atomic E-state index is 15.3. The van der Waals surface area contributed by atoms with Gasteiger partial charge >= 0.3 is 6.09 Å². The molecule has 1 unspecified atom stereocenters.